The van der Waals surface area contributed by atoms with Crippen molar-refractivity contribution in [2.45, 2.75) is 155 Å². The second-order valence-electron chi connectivity index (χ2n) is 20.7. The number of pyridine rings is 2. The van der Waals surface area contributed by atoms with Gasteiger partial charge in [0, 0.05) is 21.5 Å². The highest BCUT2D eigenvalue weighted by Crippen LogP contribution is 2.37. The molecule has 2 heterocycles. The van der Waals surface area contributed by atoms with E-state index in [1.54, 1.807) is 0 Å². The molecule has 6 heteroatoms. The van der Waals surface area contributed by atoms with Crippen LogP contribution in [0.5, 0.6) is 23.0 Å². The van der Waals surface area contributed by atoms with E-state index >= 15 is 0 Å². The summed E-state index contributed by atoms with van der Waals surface area (Å²) in [5, 5.41) is 4.12. The lowest BCUT2D eigenvalue weighted by Gasteiger charge is -2.15. The topological polar surface area (TPSA) is 62.7 Å². The van der Waals surface area contributed by atoms with Crippen molar-refractivity contribution in [3.8, 4) is 56.6 Å². The highest BCUT2D eigenvalue weighted by Gasteiger charge is 2.16. The summed E-state index contributed by atoms with van der Waals surface area (Å²) in [6.45, 7) is 7.25. The minimum Gasteiger partial charge on any atom is -0.494 e. The van der Waals surface area contributed by atoms with Gasteiger partial charge in [-0.1, -0.05) is 199 Å². The van der Waals surface area contributed by atoms with Crippen LogP contribution in [0, 0.1) is 0 Å². The third kappa shape index (κ3) is 17.2. The minimum atomic E-state index is 0.637. The van der Waals surface area contributed by atoms with Crippen LogP contribution >= 0.6 is 0 Å². The first-order valence-corrected chi connectivity index (χ1v) is 29.3. The van der Waals surface area contributed by atoms with Crippen LogP contribution in [0.4, 0.5) is 0 Å². The summed E-state index contributed by atoms with van der Waals surface area (Å²) in [6, 6.07) is 52.0. The average molecular weight is 1020 g/mol. The van der Waals surface area contributed by atoms with Crippen LogP contribution in [0.2, 0.25) is 0 Å². The van der Waals surface area contributed by atoms with Crippen LogP contribution in [-0.2, 0) is 12.8 Å². The number of unbranched alkanes of at least 4 members (excludes halogenated alkanes) is 16. The van der Waals surface area contributed by atoms with Crippen LogP contribution in [0.1, 0.15) is 153 Å². The number of hydrogen-bond acceptors (Lipinski definition) is 6. The maximum atomic E-state index is 6.38. The van der Waals surface area contributed by atoms with E-state index in [0.29, 0.717) is 26.4 Å². The van der Waals surface area contributed by atoms with Gasteiger partial charge in [0.15, 0.2) is 0 Å². The van der Waals surface area contributed by atoms with Crippen LogP contribution in [-0.4, -0.2) is 36.4 Å². The fourth-order valence-electron chi connectivity index (χ4n) is 10.2. The molecule has 398 valence electrons. The summed E-state index contributed by atoms with van der Waals surface area (Å²) in [4.78, 5) is 9.96. The summed E-state index contributed by atoms with van der Waals surface area (Å²) in [6.07, 6.45) is 30.4. The van der Waals surface area contributed by atoms with Gasteiger partial charge in [0.1, 0.15) is 23.0 Å². The molecule has 0 aliphatic heterocycles. The van der Waals surface area contributed by atoms with Gasteiger partial charge in [-0.2, -0.15) is 0 Å². The van der Waals surface area contributed by atoms with Gasteiger partial charge in [0.2, 0.25) is 0 Å². The molecule has 0 atom stereocenters. The van der Waals surface area contributed by atoms with Crippen molar-refractivity contribution in [3.63, 3.8) is 0 Å². The lowest BCUT2D eigenvalue weighted by Crippen LogP contribution is -2.02. The second-order valence-corrected chi connectivity index (χ2v) is 20.7. The largest absolute Gasteiger partial charge is 0.494 e. The molecule has 0 fully saturated rings. The number of hydrogen-bond donors (Lipinski definition) is 0. The van der Waals surface area contributed by atoms with Crippen LogP contribution < -0.4 is 18.9 Å². The van der Waals surface area contributed by atoms with E-state index in [1.165, 1.54) is 123 Å². The van der Waals surface area contributed by atoms with Crippen molar-refractivity contribution in [1.29, 1.82) is 0 Å². The van der Waals surface area contributed by atoms with Crippen LogP contribution in [0.15, 0.2) is 158 Å². The number of benzene rings is 6. The molecule has 8 aromatic rings. The highest BCUT2D eigenvalue weighted by atomic mass is 16.5. The van der Waals surface area contributed by atoms with E-state index in [0.717, 1.165) is 107 Å². The molecule has 0 aliphatic carbocycles. The first kappa shape index (κ1) is 55.6. The van der Waals surface area contributed by atoms with Gasteiger partial charge in [0.05, 0.1) is 50.2 Å². The van der Waals surface area contributed by atoms with Crippen molar-refractivity contribution in [2.24, 2.45) is 0 Å². The molecule has 0 amide bonds. The van der Waals surface area contributed by atoms with Crippen LogP contribution in [0.3, 0.4) is 0 Å². The van der Waals surface area contributed by atoms with E-state index in [4.69, 9.17) is 28.9 Å². The van der Waals surface area contributed by atoms with Crippen molar-refractivity contribution in [3.05, 3.63) is 169 Å². The molecule has 8 rings (SSSR count). The van der Waals surface area contributed by atoms with E-state index < -0.39 is 0 Å². The summed E-state index contributed by atoms with van der Waals surface area (Å²) in [5.41, 5.74) is 9.52. The fourth-order valence-corrected chi connectivity index (χ4v) is 10.2. The van der Waals surface area contributed by atoms with Gasteiger partial charge in [-0.25, -0.2) is 0 Å². The Morgan fingerprint density at radius 3 is 0.961 bits per heavy atom. The molecule has 0 radical (unpaired) electrons. The normalized spacial score (nSPS) is 11.3. The Kier molecular flexibility index (Phi) is 23.0. The second kappa shape index (κ2) is 31.4. The summed E-state index contributed by atoms with van der Waals surface area (Å²) < 4.78 is 25.0. The lowest BCUT2D eigenvalue weighted by molar-refractivity contribution is 0.288. The number of ether oxygens (including phenoxy) is 4. The van der Waals surface area contributed by atoms with E-state index in [2.05, 4.69) is 159 Å². The fraction of sp³-hybridized carbons (Fsp3) is 0.400. The van der Waals surface area contributed by atoms with Crippen LogP contribution in [0.25, 0.3) is 55.2 Å². The Hall–Kier alpha value is -6.66. The molecular formula is C70H84N2O4. The Labute approximate surface area is 455 Å². The molecular weight excluding hydrogens is 933 g/mol. The Morgan fingerprint density at radius 1 is 0.289 bits per heavy atom. The summed E-state index contributed by atoms with van der Waals surface area (Å²) in [5.74, 6) is 3.45. The SMILES string of the molecule is CCCCCCCCc1ccc(-c2ccc(OCCCCCCOc3cnc(-c4ncc(OCCCCCCOc5ccc(-c6ccc(CCCCCCCC)cc6)cc5)c5ccccc45)c4ccccc34)cc2)cc1. The Morgan fingerprint density at radius 2 is 0.592 bits per heavy atom. The minimum absolute atomic E-state index is 0.637. The number of rotatable bonds is 35. The highest BCUT2D eigenvalue weighted by molar-refractivity contribution is 6.05. The predicted molar refractivity (Wildman–Crippen MR) is 319 cm³/mol. The van der Waals surface area contributed by atoms with Gasteiger partial charge in [0.25, 0.3) is 0 Å². The summed E-state index contributed by atoms with van der Waals surface area (Å²) in [7, 11) is 0. The third-order valence-corrected chi connectivity index (χ3v) is 14.8. The predicted octanol–water partition coefficient (Wildman–Crippen LogP) is 19.6. The van der Waals surface area contributed by atoms with E-state index in [-0.39, 0.29) is 0 Å². The molecule has 0 saturated heterocycles. The molecule has 0 saturated carbocycles. The monoisotopic (exact) mass is 1020 g/mol. The van der Waals surface area contributed by atoms with Crippen molar-refractivity contribution in [1.82, 2.24) is 9.97 Å². The standard InChI is InChI=1S/C70H84N2O4/c1-3-5-7-9-11-17-27-55-33-37-57(38-34-55)59-41-45-61(46-42-59)73-49-23-13-15-25-51-75-67-53-71-69(65-31-21-19-29-63(65)67)70-66-32-22-20-30-64(66)68(54-72-70)76-52-26-16-14-24-50-74-62-47-43-60(44-48-62)58-39-35-56(36-40-58)28-18-12-10-8-6-4-2/h19-22,29-48,53-54H,3-18,23-28,49-52H2,1-2H3. The zero-order valence-electron chi connectivity index (χ0n) is 45.9. The molecule has 0 bridgehead atoms. The van der Waals surface area contributed by atoms with Gasteiger partial charge in [-0.3, -0.25) is 9.97 Å². The maximum absolute atomic E-state index is 6.38. The zero-order valence-corrected chi connectivity index (χ0v) is 45.9. The number of aryl methyl sites for hydroxylation is 2. The van der Waals surface area contributed by atoms with E-state index in [9.17, 15) is 0 Å². The first-order chi connectivity index (χ1) is 37.7. The molecule has 6 aromatic carbocycles. The van der Waals surface area contributed by atoms with Gasteiger partial charge < -0.3 is 18.9 Å². The smallest absolute Gasteiger partial charge is 0.145 e. The molecule has 0 unspecified atom stereocenters. The van der Waals surface area contributed by atoms with Crippen molar-refractivity contribution < 1.29 is 18.9 Å². The molecule has 76 heavy (non-hydrogen) atoms. The van der Waals surface area contributed by atoms with Gasteiger partial charge in [-0.15, -0.1) is 0 Å². The Bertz CT molecular complexity index is 2700. The zero-order chi connectivity index (χ0) is 52.2. The van der Waals surface area contributed by atoms with Crippen molar-refractivity contribution in [2.75, 3.05) is 26.4 Å². The van der Waals surface area contributed by atoms with Gasteiger partial charge in [-0.05, 0) is 135 Å². The first-order valence-electron chi connectivity index (χ1n) is 29.3. The summed E-state index contributed by atoms with van der Waals surface area (Å²) >= 11 is 0. The Balaban J connectivity index is 0.716. The number of nitrogens with zero attached hydrogens (tertiary/aromatic N) is 2. The van der Waals surface area contributed by atoms with Gasteiger partial charge >= 0.3 is 0 Å². The quantitative estimate of drug-likeness (QED) is 0.0369. The number of aromatic nitrogens is 2. The van der Waals surface area contributed by atoms with E-state index in [1.807, 2.05) is 12.4 Å². The van der Waals surface area contributed by atoms with Crippen molar-refractivity contribution >= 4 is 21.5 Å². The average Bonchev–Trinajstić information content (AvgIpc) is 3.48. The molecule has 2 aromatic heterocycles. The number of fused-ring (bicyclic) bond motifs is 2. The molecule has 6 nitrogen and oxygen atoms in total. The molecule has 0 N–H and O–H groups in total. The molecule has 0 aliphatic rings. The molecule has 0 spiro atoms. The lowest BCUT2D eigenvalue weighted by atomic mass is 10.0. The third-order valence-electron chi connectivity index (χ3n) is 14.8. The maximum Gasteiger partial charge on any atom is 0.145 e.